The normalized spacial score (nSPS) is 24.0. The molecule has 14 heavy (non-hydrogen) atoms. The summed E-state index contributed by atoms with van der Waals surface area (Å²) in [4.78, 5) is 1.22. The van der Waals surface area contributed by atoms with E-state index in [-0.39, 0.29) is 5.38 Å². The van der Waals surface area contributed by atoms with Gasteiger partial charge in [-0.3, -0.25) is 0 Å². The first-order chi connectivity index (χ1) is 6.77. The molecule has 0 bridgehead atoms. The van der Waals surface area contributed by atoms with E-state index < -0.39 is 0 Å². The van der Waals surface area contributed by atoms with E-state index in [9.17, 15) is 0 Å². The van der Waals surface area contributed by atoms with Crippen molar-refractivity contribution >= 4 is 38.9 Å². The number of hydrogen-bond donors (Lipinski definition) is 0. The maximum absolute atomic E-state index is 6.33. The Bertz CT molecular complexity index is 296. The molecule has 1 aromatic rings. The number of hydrogen-bond acceptors (Lipinski definition) is 2. The summed E-state index contributed by atoms with van der Waals surface area (Å²) in [6.07, 6.45) is 3.64. The van der Waals surface area contributed by atoms with Crippen molar-refractivity contribution in [3.05, 3.63) is 20.8 Å². The molecule has 4 heteroatoms. The largest absolute Gasteiger partial charge is 0.378 e. The Hall–Kier alpha value is 0.430. The third kappa shape index (κ3) is 2.51. The number of rotatable bonds is 3. The van der Waals surface area contributed by atoms with Crippen LogP contribution in [0.15, 0.2) is 15.9 Å². The van der Waals surface area contributed by atoms with E-state index in [1.54, 1.807) is 11.3 Å². The van der Waals surface area contributed by atoms with Crippen LogP contribution in [-0.4, -0.2) is 12.7 Å². The summed E-state index contributed by atoms with van der Waals surface area (Å²) in [7, 11) is 0. The van der Waals surface area contributed by atoms with Gasteiger partial charge in [-0.2, -0.15) is 0 Å². The van der Waals surface area contributed by atoms with E-state index in [1.165, 1.54) is 11.3 Å². The van der Waals surface area contributed by atoms with E-state index in [0.717, 1.165) is 23.9 Å². The third-order valence-electron chi connectivity index (χ3n) is 2.42. The van der Waals surface area contributed by atoms with Crippen LogP contribution in [0.1, 0.15) is 29.5 Å². The van der Waals surface area contributed by atoms with Crippen molar-refractivity contribution < 1.29 is 4.74 Å². The zero-order chi connectivity index (χ0) is 9.97. The highest BCUT2D eigenvalue weighted by molar-refractivity contribution is 9.10. The number of alkyl halides is 1. The van der Waals surface area contributed by atoms with Gasteiger partial charge in [-0.25, -0.2) is 0 Å². The van der Waals surface area contributed by atoms with Gasteiger partial charge in [0.25, 0.3) is 0 Å². The molecule has 2 atom stereocenters. The van der Waals surface area contributed by atoms with Crippen molar-refractivity contribution in [1.82, 2.24) is 0 Å². The topological polar surface area (TPSA) is 9.23 Å². The monoisotopic (exact) mass is 294 g/mol. The first-order valence-electron chi connectivity index (χ1n) is 4.76. The van der Waals surface area contributed by atoms with Crippen LogP contribution in [0, 0.1) is 0 Å². The highest BCUT2D eigenvalue weighted by atomic mass is 79.9. The lowest BCUT2D eigenvalue weighted by atomic mass is 10.1. The number of halogens is 2. The first kappa shape index (κ1) is 10.9. The Morgan fingerprint density at radius 1 is 1.71 bits per heavy atom. The summed E-state index contributed by atoms with van der Waals surface area (Å²) in [5.41, 5.74) is 0. The molecule has 0 amide bonds. The van der Waals surface area contributed by atoms with Gasteiger partial charge in [-0.1, -0.05) is 0 Å². The van der Waals surface area contributed by atoms with Gasteiger partial charge in [-0.15, -0.1) is 22.9 Å². The molecular weight excluding hydrogens is 284 g/mol. The fourth-order valence-electron chi connectivity index (χ4n) is 1.70. The van der Waals surface area contributed by atoms with Gasteiger partial charge in [0.05, 0.1) is 11.5 Å². The summed E-state index contributed by atoms with van der Waals surface area (Å²) < 4.78 is 6.69. The minimum Gasteiger partial charge on any atom is -0.378 e. The summed E-state index contributed by atoms with van der Waals surface area (Å²) in [5.74, 6) is 0. The maximum Gasteiger partial charge on any atom is 0.0714 e. The fraction of sp³-hybridized carbons (Fsp3) is 0.600. The third-order valence-corrected chi connectivity index (χ3v) is 4.93. The summed E-state index contributed by atoms with van der Waals surface area (Å²) in [6.45, 7) is 0.903. The lowest BCUT2D eigenvalue weighted by Crippen LogP contribution is -2.07. The molecule has 1 aromatic heterocycles. The van der Waals surface area contributed by atoms with Gasteiger partial charge < -0.3 is 4.74 Å². The van der Waals surface area contributed by atoms with Gasteiger partial charge in [0, 0.05) is 16.0 Å². The van der Waals surface area contributed by atoms with Crippen LogP contribution in [-0.2, 0) is 4.74 Å². The molecule has 0 saturated carbocycles. The van der Waals surface area contributed by atoms with E-state index in [1.807, 2.05) is 6.07 Å². The standard InChI is InChI=1S/C10H12BrClOS/c11-8-3-5-14-10(8)9(12)6-7-2-1-4-13-7/h3,5,7,9H,1-2,4,6H2. The molecule has 1 nitrogen and oxygen atoms in total. The Morgan fingerprint density at radius 2 is 2.57 bits per heavy atom. The highest BCUT2D eigenvalue weighted by Crippen LogP contribution is 2.37. The summed E-state index contributed by atoms with van der Waals surface area (Å²) in [6, 6.07) is 2.05. The molecule has 2 rings (SSSR count). The molecule has 2 unspecified atom stereocenters. The van der Waals surface area contributed by atoms with Gasteiger partial charge in [0.2, 0.25) is 0 Å². The Morgan fingerprint density at radius 3 is 3.14 bits per heavy atom. The van der Waals surface area contributed by atoms with Crippen LogP contribution in [0.2, 0.25) is 0 Å². The van der Waals surface area contributed by atoms with Crippen LogP contribution in [0.4, 0.5) is 0 Å². The predicted octanol–water partition coefficient (Wildman–Crippen LogP) is 4.36. The van der Waals surface area contributed by atoms with Crippen LogP contribution in [0.25, 0.3) is 0 Å². The maximum atomic E-state index is 6.33. The number of thiophene rings is 1. The van der Waals surface area contributed by atoms with Crippen molar-refractivity contribution in [3.63, 3.8) is 0 Å². The van der Waals surface area contributed by atoms with Crippen LogP contribution in [0.5, 0.6) is 0 Å². The van der Waals surface area contributed by atoms with Gasteiger partial charge in [-0.05, 0) is 46.6 Å². The molecule has 1 fully saturated rings. The zero-order valence-corrected chi connectivity index (χ0v) is 10.9. The molecular formula is C10H12BrClOS. The first-order valence-corrected chi connectivity index (χ1v) is 6.87. The van der Waals surface area contributed by atoms with Crippen LogP contribution >= 0.6 is 38.9 Å². The number of ether oxygens (including phenoxy) is 1. The smallest absolute Gasteiger partial charge is 0.0714 e. The molecule has 78 valence electrons. The van der Waals surface area contributed by atoms with E-state index in [0.29, 0.717) is 6.10 Å². The zero-order valence-electron chi connectivity index (χ0n) is 7.71. The lowest BCUT2D eigenvalue weighted by molar-refractivity contribution is 0.103. The minimum atomic E-state index is 0.0903. The molecule has 1 aliphatic heterocycles. The average molecular weight is 296 g/mol. The van der Waals surface area contributed by atoms with Crippen LogP contribution in [0.3, 0.4) is 0 Å². The average Bonchev–Trinajstić information content (AvgIpc) is 2.75. The van der Waals surface area contributed by atoms with Crippen LogP contribution < -0.4 is 0 Å². The SMILES string of the molecule is ClC(CC1CCCO1)c1sccc1Br. The molecule has 0 radical (unpaired) electrons. The molecule has 1 aliphatic rings. The Kier molecular flexibility index (Phi) is 3.88. The molecule has 0 spiro atoms. The Labute approximate surface area is 102 Å². The summed E-state index contributed by atoms with van der Waals surface area (Å²) >= 11 is 11.5. The van der Waals surface area contributed by atoms with Crippen molar-refractivity contribution in [2.75, 3.05) is 6.61 Å². The second-order valence-electron chi connectivity index (χ2n) is 3.47. The lowest BCUT2D eigenvalue weighted by Gasteiger charge is -2.13. The van der Waals surface area contributed by atoms with Gasteiger partial charge in [0.1, 0.15) is 0 Å². The quantitative estimate of drug-likeness (QED) is 0.753. The predicted molar refractivity (Wildman–Crippen MR) is 64.2 cm³/mol. The van der Waals surface area contributed by atoms with Gasteiger partial charge in [0.15, 0.2) is 0 Å². The van der Waals surface area contributed by atoms with Crippen molar-refractivity contribution in [2.24, 2.45) is 0 Å². The molecule has 0 aliphatic carbocycles. The van der Waals surface area contributed by atoms with E-state index >= 15 is 0 Å². The minimum absolute atomic E-state index is 0.0903. The molecule has 2 heterocycles. The highest BCUT2D eigenvalue weighted by Gasteiger charge is 2.22. The van der Waals surface area contributed by atoms with Crippen molar-refractivity contribution in [2.45, 2.75) is 30.7 Å². The Balaban J connectivity index is 1.95. The molecule has 1 saturated heterocycles. The summed E-state index contributed by atoms with van der Waals surface area (Å²) in [5, 5.41) is 2.15. The van der Waals surface area contributed by atoms with E-state index in [2.05, 4.69) is 21.3 Å². The second kappa shape index (κ2) is 4.97. The molecule has 0 aromatic carbocycles. The fourth-order valence-corrected chi connectivity index (χ4v) is 3.94. The second-order valence-corrected chi connectivity index (χ2v) is 5.80. The molecule has 0 N–H and O–H groups in total. The van der Waals surface area contributed by atoms with Crippen molar-refractivity contribution in [3.8, 4) is 0 Å². The van der Waals surface area contributed by atoms with E-state index in [4.69, 9.17) is 16.3 Å². The van der Waals surface area contributed by atoms with Crippen molar-refractivity contribution in [1.29, 1.82) is 0 Å². The van der Waals surface area contributed by atoms with Gasteiger partial charge >= 0.3 is 0 Å².